The first-order chi connectivity index (χ1) is 27.0. The predicted molar refractivity (Wildman–Crippen MR) is 217 cm³/mol. The molecule has 0 aromatic heterocycles. The van der Waals surface area contributed by atoms with Gasteiger partial charge in [0.15, 0.2) is 5.60 Å². The number of nitrogens with two attached hydrogens (primary N) is 2. The van der Waals surface area contributed by atoms with Crippen LogP contribution in [0.25, 0.3) is 0 Å². The van der Waals surface area contributed by atoms with Gasteiger partial charge in [0.25, 0.3) is 17.7 Å². The monoisotopic (exact) mass is 752 g/mol. The molecule has 0 saturated carbocycles. The van der Waals surface area contributed by atoms with Crippen LogP contribution in [0.2, 0.25) is 0 Å². The summed E-state index contributed by atoms with van der Waals surface area (Å²) in [7, 11) is 0. The Labute approximate surface area is 325 Å². The van der Waals surface area contributed by atoms with Crippen molar-refractivity contribution in [3.05, 3.63) is 161 Å². The Hall–Kier alpha value is -6.76. The molecule has 1 heterocycles. The molecule has 1 aliphatic heterocycles. The number of hydrogen-bond acceptors (Lipinski definition) is 8. The van der Waals surface area contributed by atoms with E-state index in [4.69, 9.17) is 11.5 Å². The van der Waals surface area contributed by atoms with Gasteiger partial charge < -0.3 is 42.1 Å². The highest BCUT2D eigenvalue weighted by Crippen LogP contribution is 2.47. The Morgan fingerprint density at radius 3 is 1.98 bits per heavy atom. The van der Waals surface area contributed by atoms with Crippen LogP contribution >= 0.6 is 0 Å². The molecule has 5 aromatic rings. The van der Waals surface area contributed by atoms with Gasteiger partial charge in [-0.2, -0.15) is 0 Å². The summed E-state index contributed by atoms with van der Waals surface area (Å²) in [6.45, 7) is 2.02. The largest absolute Gasteiger partial charge is 0.399 e. The number of rotatable bonds is 14. The van der Waals surface area contributed by atoms with Gasteiger partial charge in [0.1, 0.15) is 0 Å². The summed E-state index contributed by atoms with van der Waals surface area (Å²) >= 11 is 0. The van der Waals surface area contributed by atoms with Gasteiger partial charge in [0, 0.05) is 64.9 Å². The standard InChI is InChI=1S/C44H44N6O6/c1-29(7-5-12-40(52)49(23-24-51)27-30-8-3-2-4-9-30)44(56)38-26-37(48-42(54)33-15-19-35(46)20-16-33)21-22-39(38)50(43(44)55)28-31-10-6-11-36(25-31)47-41(53)32-13-17-34(45)18-14-32/h2-11,13-22,25-26,29,51,56H,12,23-24,27-28,45-46H2,1H3,(H,47,53)(H,48,54)/b7-5+/t29-,44+/m1/s1. The summed E-state index contributed by atoms with van der Waals surface area (Å²) in [5, 5.41) is 27.8. The van der Waals surface area contributed by atoms with Crippen LogP contribution in [0.15, 0.2) is 133 Å². The molecule has 0 aliphatic carbocycles. The number of nitrogens with one attached hydrogen (secondary N) is 2. The van der Waals surface area contributed by atoms with E-state index in [0.29, 0.717) is 51.7 Å². The van der Waals surface area contributed by atoms with Crippen LogP contribution in [0.5, 0.6) is 0 Å². The number of hydrogen-bond donors (Lipinski definition) is 6. The zero-order valence-corrected chi connectivity index (χ0v) is 30.9. The van der Waals surface area contributed by atoms with Crippen molar-refractivity contribution >= 4 is 52.1 Å². The van der Waals surface area contributed by atoms with Crippen molar-refractivity contribution in [1.29, 1.82) is 0 Å². The summed E-state index contributed by atoms with van der Waals surface area (Å²) in [5.74, 6) is -2.37. The number of fused-ring (bicyclic) bond motifs is 1. The topological polar surface area (TPSA) is 191 Å². The molecule has 8 N–H and O–H groups in total. The number of aliphatic hydroxyl groups is 2. The fourth-order valence-electron chi connectivity index (χ4n) is 6.65. The molecule has 0 bridgehead atoms. The Bertz CT molecular complexity index is 2240. The average Bonchev–Trinajstić information content (AvgIpc) is 3.40. The van der Waals surface area contributed by atoms with Gasteiger partial charge in [-0.15, -0.1) is 0 Å². The van der Waals surface area contributed by atoms with E-state index in [0.717, 1.165) is 5.56 Å². The van der Waals surface area contributed by atoms with Crippen LogP contribution in [0, 0.1) is 5.92 Å². The van der Waals surface area contributed by atoms with Gasteiger partial charge in [-0.25, -0.2) is 0 Å². The second kappa shape index (κ2) is 17.1. The zero-order valence-electron chi connectivity index (χ0n) is 30.9. The Morgan fingerprint density at radius 1 is 0.786 bits per heavy atom. The Kier molecular flexibility index (Phi) is 11.9. The van der Waals surface area contributed by atoms with Gasteiger partial charge in [0.05, 0.1) is 18.8 Å². The second-order valence-electron chi connectivity index (χ2n) is 13.7. The van der Waals surface area contributed by atoms with Gasteiger partial charge in [-0.05, 0) is 90.0 Å². The van der Waals surface area contributed by atoms with Gasteiger partial charge in [-0.3, -0.25) is 19.2 Å². The molecule has 5 aromatic carbocycles. The number of benzene rings is 5. The van der Waals surface area contributed by atoms with Crippen molar-refractivity contribution in [2.24, 2.45) is 5.92 Å². The first kappa shape index (κ1) is 38.9. The molecule has 6 rings (SSSR count). The first-order valence-corrected chi connectivity index (χ1v) is 18.2. The molecule has 0 spiro atoms. The van der Waals surface area contributed by atoms with Crippen LogP contribution in [-0.4, -0.2) is 51.9 Å². The van der Waals surface area contributed by atoms with Crippen molar-refractivity contribution in [3.63, 3.8) is 0 Å². The minimum Gasteiger partial charge on any atom is -0.399 e. The lowest BCUT2D eigenvalue weighted by Gasteiger charge is -2.28. The van der Waals surface area contributed by atoms with Crippen molar-refractivity contribution in [1.82, 2.24) is 4.90 Å². The highest BCUT2D eigenvalue weighted by Gasteiger charge is 2.52. The number of carbonyl (C=O) groups excluding carboxylic acids is 4. The quantitative estimate of drug-likeness (QED) is 0.0616. The molecule has 0 radical (unpaired) electrons. The van der Waals surface area contributed by atoms with E-state index < -0.39 is 23.3 Å². The highest BCUT2D eigenvalue weighted by atomic mass is 16.3. The smallest absolute Gasteiger partial charge is 0.264 e. The van der Waals surface area contributed by atoms with Crippen LogP contribution in [0.1, 0.15) is 50.8 Å². The van der Waals surface area contributed by atoms with Crippen molar-refractivity contribution in [2.75, 3.05) is 40.2 Å². The van der Waals surface area contributed by atoms with Gasteiger partial charge >= 0.3 is 0 Å². The number of carbonyl (C=O) groups is 4. The van der Waals surface area contributed by atoms with E-state index in [2.05, 4.69) is 10.6 Å². The summed E-state index contributed by atoms with van der Waals surface area (Å²) in [6, 6.07) is 34.4. The Morgan fingerprint density at radius 2 is 1.38 bits per heavy atom. The molecule has 0 fully saturated rings. The third-order valence-electron chi connectivity index (χ3n) is 9.71. The van der Waals surface area contributed by atoms with Crippen molar-refractivity contribution in [3.8, 4) is 0 Å². The average molecular weight is 753 g/mol. The molecule has 0 unspecified atom stereocenters. The first-order valence-electron chi connectivity index (χ1n) is 18.2. The summed E-state index contributed by atoms with van der Waals surface area (Å²) < 4.78 is 0. The molecule has 56 heavy (non-hydrogen) atoms. The van der Waals surface area contributed by atoms with E-state index in [-0.39, 0.29) is 43.5 Å². The Balaban J connectivity index is 1.26. The minimum absolute atomic E-state index is 0.0232. The lowest BCUT2D eigenvalue weighted by molar-refractivity contribution is -0.139. The van der Waals surface area contributed by atoms with E-state index in [1.165, 1.54) is 4.90 Å². The minimum atomic E-state index is -2.08. The molecule has 4 amide bonds. The maximum atomic E-state index is 14.4. The molecule has 1 aliphatic rings. The fraction of sp³-hybridized carbons (Fsp3) is 0.182. The lowest BCUT2D eigenvalue weighted by atomic mass is 9.82. The number of nitrogen functional groups attached to an aromatic ring is 2. The molecule has 2 atom stereocenters. The number of amides is 4. The van der Waals surface area contributed by atoms with Crippen LogP contribution in [0.3, 0.4) is 0 Å². The fourth-order valence-corrected chi connectivity index (χ4v) is 6.65. The summed E-state index contributed by atoms with van der Waals surface area (Å²) in [4.78, 5) is 56.8. The predicted octanol–water partition coefficient (Wildman–Crippen LogP) is 5.69. The van der Waals surface area contributed by atoms with E-state index >= 15 is 0 Å². The van der Waals surface area contributed by atoms with E-state index in [9.17, 15) is 29.4 Å². The number of anilines is 5. The van der Waals surface area contributed by atoms with Gasteiger partial charge in [-0.1, -0.05) is 61.5 Å². The van der Waals surface area contributed by atoms with Crippen molar-refractivity contribution in [2.45, 2.75) is 32.0 Å². The molecule has 12 heteroatoms. The normalized spacial score (nSPS) is 15.3. The van der Waals surface area contributed by atoms with E-state index in [1.54, 1.807) is 109 Å². The second-order valence-corrected chi connectivity index (χ2v) is 13.7. The van der Waals surface area contributed by atoms with Gasteiger partial charge in [0.2, 0.25) is 5.91 Å². The van der Waals surface area contributed by atoms with Crippen LogP contribution in [-0.2, 0) is 28.3 Å². The summed E-state index contributed by atoms with van der Waals surface area (Å²) in [5.41, 5.74) is 14.5. The highest BCUT2D eigenvalue weighted by molar-refractivity contribution is 6.09. The molecular formula is C44H44N6O6. The van der Waals surface area contributed by atoms with Crippen molar-refractivity contribution < 1.29 is 29.4 Å². The number of nitrogens with zero attached hydrogens (tertiary/aromatic N) is 2. The third kappa shape index (κ3) is 8.78. The molecule has 286 valence electrons. The number of aliphatic hydroxyl groups excluding tert-OH is 1. The lowest BCUT2D eigenvalue weighted by Crippen LogP contribution is -2.44. The maximum Gasteiger partial charge on any atom is 0.264 e. The maximum absolute atomic E-state index is 14.4. The third-order valence-corrected chi connectivity index (χ3v) is 9.71. The van der Waals surface area contributed by atoms with Crippen LogP contribution in [0.4, 0.5) is 28.4 Å². The summed E-state index contributed by atoms with van der Waals surface area (Å²) in [6.07, 6.45) is 3.23. The molecule has 12 nitrogen and oxygen atoms in total. The van der Waals surface area contributed by atoms with Crippen LogP contribution < -0.4 is 27.0 Å². The molecular weight excluding hydrogens is 709 g/mol. The SMILES string of the molecule is C[C@H](/C=C/CC(=O)N(CCO)Cc1ccccc1)[C@@]1(O)C(=O)N(Cc2cccc(NC(=O)c3ccc(N)cc3)c2)c2ccc(NC(=O)c3ccc(N)cc3)cc21. The molecule has 0 saturated heterocycles. The zero-order chi connectivity index (χ0) is 39.8. The van der Waals surface area contributed by atoms with E-state index in [1.807, 2.05) is 36.4 Å².